The molecule has 15 heavy (non-hydrogen) atoms. The molecule has 0 amide bonds. The number of nitrogen functional groups attached to an aromatic ring is 1. The summed E-state index contributed by atoms with van der Waals surface area (Å²) in [7, 11) is 1.86. The number of nitrogens with two attached hydrogens (primary N) is 1. The molecule has 2 unspecified atom stereocenters. The molecule has 3 N–H and O–H groups in total. The first-order valence-electron chi connectivity index (χ1n) is 5.30. The van der Waals surface area contributed by atoms with Crippen molar-refractivity contribution in [3.63, 3.8) is 0 Å². The molecule has 1 aromatic rings. The molecule has 1 aliphatic rings. The monoisotopic (exact) mass is 210 g/mol. The Kier molecular flexibility index (Phi) is 2.56. The number of hydrogen-bond donors (Lipinski definition) is 2. The van der Waals surface area contributed by atoms with E-state index in [1.54, 1.807) is 4.68 Å². The van der Waals surface area contributed by atoms with Crippen LogP contribution in [0.15, 0.2) is 6.20 Å². The first kappa shape index (κ1) is 10.3. The van der Waals surface area contributed by atoms with Gasteiger partial charge in [-0.2, -0.15) is 5.10 Å². The third-order valence-electron chi connectivity index (χ3n) is 3.04. The van der Waals surface area contributed by atoms with E-state index in [2.05, 4.69) is 10.00 Å². The van der Waals surface area contributed by atoms with Crippen LogP contribution in [0.1, 0.15) is 13.3 Å². The smallest absolute Gasteiger partial charge is 0.173 e. The predicted octanol–water partition coefficient (Wildman–Crippen LogP) is 0.209. The number of aromatic nitrogens is 2. The number of aryl methyl sites for hydroxylation is 1. The lowest BCUT2D eigenvalue weighted by molar-refractivity contribution is 0.136. The number of anilines is 2. The minimum atomic E-state index is -0.250. The van der Waals surface area contributed by atoms with E-state index in [1.807, 2.05) is 20.2 Å². The zero-order chi connectivity index (χ0) is 11.0. The third-order valence-corrected chi connectivity index (χ3v) is 3.04. The molecule has 2 heterocycles. The molecule has 5 nitrogen and oxygen atoms in total. The Morgan fingerprint density at radius 1 is 1.67 bits per heavy atom. The first-order valence-corrected chi connectivity index (χ1v) is 5.30. The third kappa shape index (κ3) is 1.92. The van der Waals surface area contributed by atoms with Crippen LogP contribution in [0, 0.1) is 5.92 Å². The van der Waals surface area contributed by atoms with Gasteiger partial charge >= 0.3 is 0 Å². The fraction of sp³-hybridized carbons (Fsp3) is 0.700. The van der Waals surface area contributed by atoms with Gasteiger partial charge in [0.1, 0.15) is 0 Å². The summed E-state index contributed by atoms with van der Waals surface area (Å²) in [5, 5.41) is 13.8. The lowest BCUT2D eigenvalue weighted by atomic mass is 10.0. The van der Waals surface area contributed by atoms with Gasteiger partial charge in [-0.1, -0.05) is 0 Å². The van der Waals surface area contributed by atoms with Gasteiger partial charge in [0, 0.05) is 32.3 Å². The molecule has 0 radical (unpaired) electrons. The summed E-state index contributed by atoms with van der Waals surface area (Å²) in [5.74, 6) is 1.19. The van der Waals surface area contributed by atoms with Crippen molar-refractivity contribution in [2.75, 3.05) is 23.7 Å². The highest BCUT2D eigenvalue weighted by Crippen LogP contribution is 2.28. The Bertz CT molecular complexity index is 347. The summed E-state index contributed by atoms with van der Waals surface area (Å²) in [4.78, 5) is 2.15. The minimum Gasteiger partial charge on any atom is -0.394 e. The molecular formula is C10H18N4O. The number of hydrogen-bond acceptors (Lipinski definition) is 4. The molecule has 0 bridgehead atoms. The fourth-order valence-electron chi connectivity index (χ4n) is 2.11. The summed E-state index contributed by atoms with van der Waals surface area (Å²) < 4.78 is 1.72. The summed E-state index contributed by atoms with van der Waals surface area (Å²) in [6.45, 7) is 3.62. The average Bonchev–Trinajstić information content (AvgIpc) is 2.71. The van der Waals surface area contributed by atoms with Crippen LogP contribution >= 0.6 is 0 Å². The standard InChI is InChI=1S/C10H18N4O/c1-7(15)8-3-4-14(5-8)10-9(11)6-13(2)12-10/h6-8,15H,3-5,11H2,1-2H3. The van der Waals surface area contributed by atoms with Gasteiger partial charge in [0.15, 0.2) is 5.82 Å². The number of rotatable bonds is 2. The molecule has 0 aliphatic carbocycles. The van der Waals surface area contributed by atoms with Gasteiger partial charge in [-0.15, -0.1) is 0 Å². The number of nitrogens with zero attached hydrogens (tertiary/aromatic N) is 3. The van der Waals surface area contributed by atoms with Gasteiger partial charge in [-0.25, -0.2) is 0 Å². The van der Waals surface area contributed by atoms with E-state index in [1.165, 1.54) is 0 Å². The van der Waals surface area contributed by atoms with Crippen LogP contribution in [0.2, 0.25) is 0 Å². The van der Waals surface area contributed by atoms with Crippen LogP contribution in [-0.2, 0) is 7.05 Å². The summed E-state index contributed by atoms with van der Waals surface area (Å²) in [5.41, 5.74) is 6.57. The molecule has 84 valence electrons. The molecule has 0 saturated carbocycles. The molecule has 5 heteroatoms. The van der Waals surface area contributed by atoms with Gasteiger partial charge in [0.05, 0.1) is 11.8 Å². The van der Waals surface area contributed by atoms with E-state index in [9.17, 15) is 5.11 Å². The van der Waals surface area contributed by atoms with E-state index in [4.69, 9.17) is 5.73 Å². The zero-order valence-corrected chi connectivity index (χ0v) is 9.22. The molecule has 0 spiro atoms. The molecular weight excluding hydrogens is 192 g/mol. The predicted molar refractivity (Wildman–Crippen MR) is 59.6 cm³/mol. The highest BCUT2D eigenvalue weighted by molar-refractivity contribution is 5.62. The van der Waals surface area contributed by atoms with Gasteiger partial charge in [-0.05, 0) is 13.3 Å². The lowest BCUT2D eigenvalue weighted by Crippen LogP contribution is -2.24. The van der Waals surface area contributed by atoms with E-state index >= 15 is 0 Å². The Labute approximate surface area is 89.5 Å². The van der Waals surface area contributed by atoms with Crippen LogP contribution in [0.3, 0.4) is 0 Å². The maximum Gasteiger partial charge on any atom is 0.173 e. The quantitative estimate of drug-likeness (QED) is 0.732. The molecule has 2 atom stereocenters. The van der Waals surface area contributed by atoms with Gasteiger partial charge < -0.3 is 15.7 Å². The van der Waals surface area contributed by atoms with E-state index in [0.29, 0.717) is 11.6 Å². The fourth-order valence-corrected chi connectivity index (χ4v) is 2.11. The maximum atomic E-state index is 9.51. The van der Waals surface area contributed by atoms with Crippen LogP contribution in [0.5, 0.6) is 0 Å². The SMILES string of the molecule is CC(O)C1CCN(c2nn(C)cc2N)C1. The first-order chi connectivity index (χ1) is 7.08. The van der Waals surface area contributed by atoms with Crippen molar-refractivity contribution in [3.8, 4) is 0 Å². The average molecular weight is 210 g/mol. The van der Waals surface area contributed by atoms with Crippen LogP contribution in [0.4, 0.5) is 11.5 Å². The van der Waals surface area contributed by atoms with Crippen molar-refractivity contribution in [1.82, 2.24) is 9.78 Å². The summed E-state index contributed by atoms with van der Waals surface area (Å²) in [6, 6.07) is 0. The number of aliphatic hydroxyl groups excluding tert-OH is 1. The van der Waals surface area contributed by atoms with Gasteiger partial charge in [0.2, 0.25) is 0 Å². The molecule has 1 saturated heterocycles. The lowest BCUT2D eigenvalue weighted by Gasteiger charge is -2.17. The molecule has 1 fully saturated rings. The van der Waals surface area contributed by atoms with Crippen LogP contribution in [0.25, 0.3) is 0 Å². The van der Waals surface area contributed by atoms with Crippen molar-refractivity contribution < 1.29 is 5.11 Å². The normalized spacial score (nSPS) is 23.4. The minimum absolute atomic E-state index is 0.250. The van der Waals surface area contributed by atoms with E-state index in [-0.39, 0.29) is 6.10 Å². The van der Waals surface area contributed by atoms with Crippen LogP contribution < -0.4 is 10.6 Å². The topological polar surface area (TPSA) is 67.3 Å². The molecule has 1 aliphatic heterocycles. The van der Waals surface area contributed by atoms with Gasteiger partial charge in [0.25, 0.3) is 0 Å². The van der Waals surface area contributed by atoms with Crippen molar-refractivity contribution in [1.29, 1.82) is 0 Å². The molecule has 0 aromatic carbocycles. The highest BCUT2D eigenvalue weighted by atomic mass is 16.3. The Balaban J connectivity index is 2.11. The van der Waals surface area contributed by atoms with Crippen molar-refractivity contribution in [2.24, 2.45) is 13.0 Å². The second-order valence-electron chi connectivity index (χ2n) is 4.32. The second-order valence-corrected chi connectivity index (χ2v) is 4.32. The van der Waals surface area contributed by atoms with Crippen molar-refractivity contribution in [3.05, 3.63) is 6.20 Å². The van der Waals surface area contributed by atoms with E-state index in [0.717, 1.165) is 25.3 Å². The number of aliphatic hydroxyl groups is 1. The largest absolute Gasteiger partial charge is 0.394 e. The summed E-state index contributed by atoms with van der Waals surface area (Å²) in [6.07, 6.45) is 2.57. The Morgan fingerprint density at radius 3 is 2.87 bits per heavy atom. The van der Waals surface area contributed by atoms with E-state index < -0.39 is 0 Å². The van der Waals surface area contributed by atoms with Crippen LogP contribution in [-0.4, -0.2) is 34.1 Å². The molecule has 2 rings (SSSR count). The zero-order valence-electron chi connectivity index (χ0n) is 9.22. The van der Waals surface area contributed by atoms with Crippen molar-refractivity contribution >= 4 is 11.5 Å². The Hall–Kier alpha value is -1.23. The maximum absolute atomic E-state index is 9.51. The Morgan fingerprint density at radius 2 is 2.40 bits per heavy atom. The molecule has 1 aromatic heterocycles. The van der Waals surface area contributed by atoms with Crippen molar-refractivity contribution in [2.45, 2.75) is 19.4 Å². The summed E-state index contributed by atoms with van der Waals surface area (Å²) >= 11 is 0. The second kappa shape index (κ2) is 3.73. The van der Waals surface area contributed by atoms with Gasteiger partial charge in [-0.3, -0.25) is 4.68 Å². The highest BCUT2D eigenvalue weighted by Gasteiger charge is 2.28.